The van der Waals surface area contributed by atoms with Crippen molar-refractivity contribution in [3.8, 4) is 17.3 Å². The smallest absolute Gasteiger partial charge is 0.316 e. The summed E-state index contributed by atoms with van der Waals surface area (Å²) in [5.41, 5.74) is 1.56. The summed E-state index contributed by atoms with van der Waals surface area (Å²) in [6.07, 6.45) is 6.82. The molecule has 0 bridgehead atoms. The number of hydrogen-bond donors (Lipinski definition) is 0. The molecular weight excluding hydrogens is 268 g/mol. The van der Waals surface area contributed by atoms with Crippen molar-refractivity contribution in [2.75, 3.05) is 27.2 Å². The molecule has 0 atom stereocenters. The number of pyridine rings is 1. The molecule has 0 saturated heterocycles. The summed E-state index contributed by atoms with van der Waals surface area (Å²) in [5, 5.41) is 1.01. The lowest BCUT2D eigenvalue weighted by Gasteiger charge is -2.09. The third kappa shape index (κ3) is 3.17. The zero-order chi connectivity index (χ0) is 14.7. The van der Waals surface area contributed by atoms with Gasteiger partial charge >= 0.3 is 6.01 Å². The molecule has 0 aliphatic carbocycles. The Balaban J connectivity index is 1.74. The first-order valence-electron chi connectivity index (χ1n) is 6.66. The lowest BCUT2D eigenvalue weighted by Crippen LogP contribution is -2.19. The van der Waals surface area contributed by atoms with E-state index in [0.29, 0.717) is 12.6 Å². The Morgan fingerprint density at radius 2 is 2.00 bits per heavy atom. The number of furan rings is 1. The Morgan fingerprint density at radius 1 is 1.19 bits per heavy atom. The third-order valence-corrected chi connectivity index (χ3v) is 3.01. The molecule has 108 valence electrons. The second kappa shape index (κ2) is 5.88. The van der Waals surface area contributed by atoms with Gasteiger partial charge in [0.25, 0.3) is 0 Å². The molecule has 0 spiro atoms. The molecule has 0 radical (unpaired) electrons. The van der Waals surface area contributed by atoms with Crippen molar-refractivity contribution >= 4 is 11.0 Å². The molecule has 6 heteroatoms. The fourth-order valence-corrected chi connectivity index (χ4v) is 1.86. The van der Waals surface area contributed by atoms with Crippen LogP contribution in [0, 0.1) is 0 Å². The molecule has 3 aromatic rings. The van der Waals surface area contributed by atoms with Crippen LogP contribution >= 0.6 is 0 Å². The Kier molecular flexibility index (Phi) is 3.79. The quantitative estimate of drug-likeness (QED) is 0.716. The summed E-state index contributed by atoms with van der Waals surface area (Å²) in [6, 6.07) is 4.22. The zero-order valence-corrected chi connectivity index (χ0v) is 12.0. The van der Waals surface area contributed by atoms with Gasteiger partial charge in [0.1, 0.15) is 12.4 Å². The highest BCUT2D eigenvalue weighted by molar-refractivity contribution is 5.81. The van der Waals surface area contributed by atoms with Gasteiger partial charge in [-0.05, 0) is 26.2 Å². The standard InChI is InChI=1S/C15H16N4O2/c1-19(2)5-6-20-15-17-8-12(9-18-15)13-7-11-3-4-16-10-14(11)21-13/h3-4,7-10H,5-6H2,1-2H3. The molecular formula is C15H16N4O2. The maximum atomic E-state index is 5.72. The lowest BCUT2D eigenvalue weighted by molar-refractivity contribution is 0.245. The van der Waals surface area contributed by atoms with E-state index in [1.54, 1.807) is 24.8 Å². The van der Waals surface area contributed by atoms with Crippen LogP contribution in [0.5, 0.6) is 6.01 Å². The molecule has 0 aliphatic heterocycles. The Hall–Kier alpha value is -2.47. The first-order valence-corrected chi connectivity index (χ1v) is 6.66. The van der Waals surface area contributed by atoms with Crippen molar-refractivity contribution in [3.05, 3.63) is 36.9 Å². The minimum absolute atomic E-state index is 0.373. The van der Waals surface area contributed by atoms with Gasteiger partial charge in [0.15, 0.2) is 5.58 Å². The number of hydrogen-bond acceptors (Lipinski definition) is 6. The van der Waals surface area contributed by atoms with Gasteiger partial charge < -0.3 is 14.1 Å². The average molecular weight is 284 g/mol. The molecule has 0 fully saturated rings. The second-order valence-electron chi connectivity index (χ2n) is 4.93. The molecule has 0 aliphatic rings. The first-order chi connectivity index (χ1) is 10.2. The van der Waals surface area contributed by atoms with Crippen molar-refractivity contribution in [2.24, 2.45) is 0 Å². The largest absolute Gasteiger partial charge is 0.462 e. The number of likely N-dealkylation sites (N-methyl/N-ethyl adjacent to an activating group) is 1. The van der Waals surface area contributed by atoms with Gasteiger partial charge in [-0.15, -0.1) is 0 Å². The van der Waals surface area contributed by atoms with Crippen molar-refractivity contribution in [1.29, 1.82) is 0 Å². The predicted octanol–water partition coefficient (Wildman–Crippen LogP) is 2.23. The Morgan fingerprint density at radius 3 is 2.71 bits per heavy atom. The number of fused-ring (bicyclic) bond motifs is 1. The highest BCUT2D eigenvalue weighted by Crippen LogP contribution is 2.26. The number of ether oxygens (including phenoxy) is 1. The van der Waals surface area contributed by atoms with E-state index in [1.807, 2.05) is 31.1 Å². The summed E-state index contributed by atoms with van der Waals surface area (Å²) < 4.78 is 11.2. The van der Waals surface area contributed by atoms with Gasteiger partial charge in [-0.3, -0.25) is 4.98 Å². The molecule has 3 rings (SSSR count). The van der Waals surface area contributed by atoms with Gasteiger partial charge in [-0.1, -0.05) is 0 Å². The zero-order valence-electron chi connectivity index (χ0n) is 12.0. The average Bonchev–Trinajstić information content (AvgIpc) is 2.91. The highest BCUT2D eigenvalue weighted by atomic mass is 16.5. The third-order valence-electron chi connectivity index (χ3n) is 3.01. The first kappa shape index (κ1) is 13.5. The topological polar surface area (TPSA) is 64.3 Å². The molecule has 0 saturated carbocycles. The molecule has 0 amide bonds. The fraction of sp³-hybridized carbons (Fsp3) is 0.267. The highest BCUT2D eigenvalue weighted by Gasteiger charge is 2.07. The van der Waals surface area contributed by atoms with E-state index >= 15 is 0 Å². The fourth-order valence-electron chi connectivity index (χ4n) is 1.86. The molecule has 3 heterocycles. The van der Waals surface area contributed by atoms with E-state index in [0.717, 1.165) is 28.8 Å². The predicted molar refractivity (Wildman–Crippen MR) is 79.1 cm³/mol. The van der Waals surface area contributed by atoms with Gasteiger partial charge in [0.05, 0.1) is 11.8 Å². The van der Waals surface area contributed by atoms with E-state index in [2.05, 4.69) is 15.0 Å². The monoisotopic (exact) mass is 284 g/mol. The van der Waals surface area contributed by atoms with Crippen LogP contribution in [0.15, 0.2) is 41.3 Å². The molecule has 0 aromatic carbocycles. The number of aromatic nitrogens is 3. The molecule has 0 N–H and O–H groups in total. The van der Waals surface area contributed by atoms with E-state index in [1.165, 1.54) is 0 Å². The van der Waals surface area contributed by atoms with Crippen molar-refractivity contribution in [1.82, 2.24) is 19.9 Å². The van der Waals surface area contributed by atoms with Gasteiger partial charge in [0.2, 0.25) is 0 Å². The summed E-state index contributed by atoms with van der Waals surface area (Å²) >= 11 is 0. The Labute approximate surface area is 122 Å². The van der Waals surface area contributed by atoms with E-state index < -0.39 is 0 Å². The maximum Gasteiger partial charge on any atom is 0.316 e. The van der Waals surface area contributed by atoms with E-state index in [9.17, 15) is 0 Å². The summed E-state index contributed by atoms with van der Waals surface area (Å²) in [4.78, 5) is 14.5. The summed E-state index contributed by atoms with van der Waals surface area (Å²) in [6.45, 7) is 1.38. The Bertz CT molecular complexity index is 689. The molecule has 6 nitrogen and oxygen atoms in total. The minimum atomic E-state index is 0.373. The van der Waals surface area contributed by atoms with E-state index in [4.69, 9.17) is 9.15 Å². The lowest BCUT2D eigenvalue weighted by atomic mass is 10.2. The van der Waals surface area contributed by atoms with Crippen LogP contribution in [0.1, 0.15) is 0 Å². The van der Waals surface area contributed by atoms with Crippen LogP contribution in [0.4, 0.5) is 0 Å². The molecule has 0 unspecified atom stereocenters. The van der Waals surface area contributed by atoms with E-state index in [-0.39, 0.29) is 0 Å². The maximum absolute atomic E-state index is 5.72. The number of rotatable bonds is 5. The summed E-state index contributed by atoms with van der Waals surface area (Å²) in [5.74, 6) is 0.720. The van der Waals surface area contributed by atoms with Crippen molar-refractivity contribution < 1.29 is 9.15 Å². The van der Waals surface area contributed by atoms with Crippen LogP contribution in [-0.2, 0) is 0 Å². The second-order valence-corrected chi connectivity index (χ2v) is 4.93. The van der Waals surface area contributed by atoms with Crippen LogP contribution in [0.3, 0.4) is 0 Å². The molecule has 21 heavy (non-hydrogen) atoms. The normalized spacial score (nSPS) is 11.2. The SMILES string of the molecule is CN(C)CCOc1ncc(-c2cc3ccncc3o2)cn1. The molecule has 3 aromatic heterocycles. The van der Waals surface area contributed by atoms with Crippen LogP contribution in [0.25, 0.3) is 22.3 Å². The van der Waals surface area contributed by atoms with Crippen molar-refractivity contribution in [2.45, 2.75) is 0 Å². The minimum Gasteiger partial charge on any atom is -0.462 e. The van der Waals surface area contributed by atoms with Crippen molar-refractivity contribution in [3.63, 3.8) is 0 Å². The van der Waals surface area contributed by atoms with Gasteiger partial charge in [0, 0.05) is 30.5 Å². The van der Waals surface area contributed by atoms with Crippen LogP contribution in [-0.4, -0.2) is 47.1 Å². The van der Waals surface area contributed by atoms with Crippen LogP contribution < -0.4 is 4.74 Å². The van der Waals surface area contributed by atoms with Crippen LogP contribution in [0.2, 0.25) is 0 Å². The van der Waals surface area contributed by atoms with Gasteiger partial charge in [-0.2, -0.15) is 0 Å². The summed E-state index contributed by atoms with van der Waals surface area (Å²) in [7, 11) is 3.98. The number of nitrogens with zero attached hydrogens (tertiary/aromatic N) is 4. The van der Waals surface area contributed by atoms with Gasteiger partial charge in [-0.25, -0.2) is 9.97 Å².